The second-order valence-corrected chi connectivity index (χ2v) is 5.17. The zero-order valence-corrected chi connectivity index (χ0v) is 12.6. The minimum absolute atomic E-state index is 0.0907. The molecular weight excluding hydrogens is 300 g/mol. The van der Waals surface area contributed by atoms with Crippen LogP contribution in [0.1, 0.15) is 15.2 Å². The number of esters is 1. The maximum atomic E-state index is 11.9. The molecule has 0 aliphatic rings. The third-order valence-corrected chi connectivity index (χ3v) is 3.97. The van der Waals surface area contributed by atoms with E-state index in [4.69, 9.17) is 25.8 Å². The number of thiophene rings is 1. The van der Waals surface area contributed by atoms with Crippen LogP contribution in [0.25, 0.3) is 0 Å². The Morgan fingerprint density at radius 1 is 1.25 bits per heavy atom. The van der Waals surface area contributed by atoms with E-state index in [1.54, 1.807) is 43.9 Å². The maximum absolute atomic E-state index is 11.9. The highest BCUT2D eigenvalue weighted by Crippen LogP contribution is 2.26. The fourth-order valence-corrected chi connectivity index (χ4v) is 2.67. The molecule has 0 aliphatic carbocycles. The van der Waals surface area contributed by atoms with Gasteiger partial charge in [0.15, 0.2) is 0 Å². The Hall–Kier alpha value is -1.72. The molecule has 0 spiro atoms. The summed E-state index contributed by atoms with van der Waals surface area (Å²) in [5.41, 5.74) is 0.730. The number of methoxy groups -OCH3 is 2. The van der Waals surface area contributed by atoms with Crippen LogP contribution in [0.3, 0.4) is 0 Å². The summed E-state index contributed by atoms with van der Waals surface area (Å²) in [5, 5.41) is 2.14. The van der Waals surface area contributed by atoms with E-state index in [1.807, 2.05) is 0 Å². The van der Waals surface area contributed by atoms with Gasteiger partial charge in [0.1, 0.15) is 23.0 Å². The Bertz CT molecular complexity index is 609. The summed E-state index contributed by atoms with van der Waals surface area (Å²) in [6.45, 7) is 0.0907. The van der Waals surface area contributed by atoms with Crippen molar-refractivity contribution in [3.8, 4) is 11.5 Å². The standard InChI is InChI=1S/C14H13ClO4S/c1-17-10-3-4-12(18-2)9(7-10)8-19-14(16)13-11(15)5-6-20-13/h3-7H,8H2,1-2H3. The molecule has 1 heterocycles. The summed E-state index contributed by atoms with van der Waals surface area (Å²) >= 11 is 7.14. The van der Waals surface area contributed by atoms with Gasteiger partial charge < -0.3 is 14.2 Å². The first kappa shape index (κ1) is 14.7. The minimum atomic E-state index is -0.449. The van der Waals surface area contributed by atoms with Crippen LogP contribution in [-0.4, -0.2) is 20.2 Å². The predicted octanol–water partition coefficient (Wildman–Crippen LogP) is 3.78. The van der Waals surface area contributed by atoms with Crippen molar-refractivity contribution in [1.82, 2.24) is 0 Å². The molecule has 4 nitrogen and oxygen atoms in total. The topological polar surface area (TPSA) is 44.8 Å². The monoisotopic (exact) mass is 312 g/mol. The quantitative estimate of drug-likeness (QED) is 0.788. The van der Waals surface area contributed by atoms with Gasteiger partial charge in [-0.25, -0.2) is 4.79 Å². The highest BCUT2D eigenvalue weighted by Gasteiger charge is 2.15. The zero-order chi connectivity index (χ0) is 14.5. The number of carbonyl (C=O) groups excluding carboxylic acids is 1. The van der Waals surface area contributed by atoms with E-state index < -0.39 is 5.97 Å². The second-order valence-electron chi connectivity index (χ2n) is 3.85. The molecule has 106 valence electrons. The number of rotatable bonds is 5. The van der Waals surface area contributed by atoms with E-state index in [9.17, 15) is 4.79 Å². The first-order valence-electron chi connectivity index (χ1n) is 5.76. The lowest BCUT2D eigenvalue weighted by Crippen LogP contribution is -2.05. The van der Waals surface area contributed by atoms with Crippen molar-refractivity contribution < 1.29 is 19.0 Å². The number of carbonyl (C=O) groups is 1. The van der Waals surface area contributed by atoms with Crippen LogP contribution in [0.4, 0.5) is 0 Å². The molecular formula is C14H13ClO4S. The summed E-state index contributed by atoms with van der Waals surface area (Å²) in [4.78, 5) is 12.3. The van der Waals surface area contributed by atoms with Gasteiger partial charge in [0.25, 0.3) is 0 Å². The van der Waals surface area contributed by atoms with Crippen molar-refractivity contribution in [2.24, 2.45) is 0 Å². The summed E-state index contributed by atoms with van der Waals surface area (Å²) in [6.07, 6.45) is 0. The van der Waals surface area contributed by atoms with Gasteiger partial charge in [-0.1, -0.05) is 11.6 Å². The molecule has 20 heavy (non-hydrogen) atoms. The van der Waals surface area contributed by atoms with Gasteiger partial charge in [-0.3, -0.25) is 0 Å². The molecule has 0 N–H and O–H groups in total. The lowest BCUT2D eigenvalue weighted by atomic mass is 10.2. The van der Waals surface area contributed by atoms with Gasteiger partial charge in [-0.15, -0.1) is 11.3 Å². The Kier molecular flexibility index (Phi) is 4.87. The molecule has 6 heteroatoms. The van der Waals surface area contributed by atoms with Gasteiger partial charge >= 0.3 is 5.97 Å². The molecule has 0 saturated carbocycles. The average molecular weight is 313 g/mol. The lowest BCUT2D eigenvalue weighted by Gasteiger charge is -2.10. The molecule has 0 fully saturated rings. The Morgan fingerprint density at radius 2 is 2.05 bits per heavy atom. The number of halogens is 1. The van der Waals surface area contributed by atoms with E-state index in [1.165, 1.54) is 11.3 Å². The highest BCUT2D eigenvalue weighted by molar-refractivity contribution is 7.12. The molecule has 0 saturated heterocycles. The van der Waals surface area contributed by atoms with Crippen molar-refractivity contribution in [2.45, 2.75) is 6.61 Å². The van der Waals surface area contributed by atoms with Crippen LogP contribution in [0.5, 0.6) is 11.5 Å². The summed E-state index contributed by atoms with van der Waals surface area (Å²) in [7, 11) is 3.13. The zero-order valence-electron chi connectivity index (χ0n) is 11.0. The minimum Gasteiger partial charge on any atom is -0.497 e. The Balaban J connectivity index is 2.10. The maximum Gasteiger partial charge on any atom is 0.350 e. The third kappa shape index (κ3) is 3.23. The van der Waals surface area contributed by atoms with Crippen LogP contribution in [-0.2, 0) is 11.3 Å². The van der Waals surface area contributed by atoms with Gasteiger partial charge in [-0.05, 0) is 29.6 Å². The van der Waals surface area contributed by atoms with Crippen molar-refractivity contribution >= 4 is 28.9 Å². The van der Waals surface area contributed by atoms with Crippen LogP contribution in [0, 0.1) is 0 Å². The smallest absolute Gasteiger partial charge is 0.350 e. The summed E-state index contributed by atoms with van der Waals surface area (Å²) in [6, 6.07) is 6.97. The first-order valence-corrected chi connectivity index (χ1v) is 7.02. The molecule has 1 aromatic carbocycles. The molecule has 0 atom stereocenters. The Morgan fingerprint density at radius 3 is 2.65 bits per heavy atom. The van der Waals surface area contributed by atoms with Crippen molar-refractivity contribution in [2.75, 3.05) is 14.2 Å². The van der Waals surface area contributed by atoms with Crippen molar-refractivity contribution in [3.63, 3.8) is 0 Å². The van der Waals surface area contributed by atoms with Gasteiger partial charge in [0.2, 0.25) is 0 Å². The van der Waals surface area contributed by atoms with Crippen LogP contribution < -0.4 is 9.47 Å². The van der Waals surface area contributed by atoms with E-state index in [0.717, 1.165) is 5.56 Å². The molecule has 0 unspecified atom stereocenters. The fourth-order valence-electron chi connectivity index (χ4n) is 1.64. The van der Waals surface area contributed by atoms with Gasteiger partial charge in [-0.2, -0.15) is 0 Å². The number of hydrogen-bond acceptors (Lipinski definition) is 5. The summed E-state index contributed by atoms with van der Waals surface area (Å²) < 4.78 is 15.6. The first-order chi connectivity index (χ1) is 9.65. The molecule has 0 amide bonds. The van der Waals surface area contributed by atoms with Gasteiger partial charge in [0.05, 0.1) is 19.2 Å². The van der Waals surface area contributed by atoms with E-state index in [2.05, 4.69) is 0 Å². The molecule has 0 bridgehead atoms. The fraction of sp³-hybridized carbons (Fsp3) is 0.214. The normalized spacial score (nSPS) is 10.2. The molecule has 2 aromatic rings. The number of ether oxygens (including phenoxy) is 3. The highest BCUT2D eigenvalue weighted by atomic mass is 35.5. The molecule has 2 rings (SSSR count). The predicted molar refractivity (Wildman–Crippen MR) is 78.0 cm³/mol. The Labute approximate surface area is 125 Å². The molecule has 1 aromatic heterocycles. The third-order valence-electron chi connectivity index (χ3n) is 2.65. The number of hydrogen-bond donors (Lipinski definition) is 0. The average Bonchev–Trinajstić information content (AvgIpc) is 2.90. The molecule has 0 radical (unpaired) electrons. The van der Waals surface area contributed by atoms with Crippen LogP contribution in [0.2, 0.25) is 5.02 Å². The van der Waals surface area contributed by atoms with E-state index in [0.29, 0.717) is 21.4 Å². The summed E-state index contributed by atoms with van der Waals surface area (Å²) in [5.74, 6) is 0.858. The van der Waals surface area contributed by atoms with Crippen LogP contribution in [0.15, 0.2) is 29.6 Å². The van der Waals surface area contributed by atoms with Crippen molar-refractivity contribution in [1.29, 1.82) is 0 Å². The SMILES string of the molecule is COc1ccc(OC)c(COC(=O)c2sccc2Cl)c1. The van der Waals surface area contributed by atoms with Crippen molar-refractivity contribution in [3.05, 3.63) is 45.1 Å². The number of benzene rings is 1. The lowest BCUT2D eigenvalue weighted by molar-refractivity contribution is 0.0476. The van der Waals surface area contributed by atoms with Gasteiger partial charge in [0, 0.05) is 5.56 Å². The van der Waals surface area contributed by atoms with Crippen LogP contribution >= 0.6 is 22.9 Å². The van der Waals surface area contributed by atoms with E-state index >= 15 is 0 Å². The second kappa shape index (κ2) is 6.63. The van der Waals surface area contributed by atoms with E-state index in [-0.39, 0.29) is 6.61 Å². The largest absolute Gasteiger partial charge is 0.497 e. The molecule has 0 aliphatic heterocycles.